The first-order valence-electron chi connectivity index (χ1n) is 3.76. The van der Waals surface area contributed by atoms with Crippen LogP contribution >= 0.6 is 18.2 Å². The first kappa shape index (κ1) is 11.4. The molecule has 0 aliphatic rings. The molecule has 14 heavy (non-hydrogen) atoms. The zero-order valence-electron chi connectivity index (χ0n) is 7.77. The highest BCUT2D eigenvalue weighted by Crippen LogP contribution is 2.52. The summed E-state index contributed by atoms with van der Waals surface area (Å²) in [6.07, 6.45) is 0. The fourth-order valence-electron chi connectivity index (χ4n) is 0.821. The lowest BCUT2D eigenvalue weighted by Gasteiger charge is -2.10. The Kier molecular flexibility index (Phi) is 3.81. The highest BCUT2D eigenvalue weighted by atomic mass is 35.7. The van der Waals surface area contributed by atoms with Crippen molar-refractivity contribution in [1.82, 2.24) is 0 Å². The van der Waals surface area contributed by atoms with Crippen LogP contribution in [0.15, 0.2) is 24.3 Å². The summed E-state index contributed by atoms with van der Waals surface area (Å²) >= 11 is 5.42. The fourth-order valence-corrected chi connectivity index (χ4v) is 1.50. The quantitative estimate of drug-likeness (QED) is 0.754. The van der Waals surface area contributed by atoms with E-state index in [-0.39, 0.29) is 0 Å². The monoisotopic (exact) mass is 236 g/mol. The summed E-state index contributed by atoms with van der Waals surface area (Å²) in [6.45, 7) is -3.51. The number of hydrogen-bond acceptors (Lipinski definition) is 4. The van der Waals surface area contributed by atoms with E-state index in [1.165, 1.54) is 14.2 Å². The van der Waals surface area contributed by atoms with Gasteiger partial charge in [0.1, 0.15) is 11.5 Å². The molecular formula is C8H10ClO4P. The summed E-state index contributed by atoms with van der Waals surface area (Å²) in [4.78, 5) is 0. The number of ether oxygens (including phenoxy) is 1. The van der Waals surface area contributed by atoms with Crippen molar-refractivity contribution in [3.8, 4) is 11.5 Å². The molecule has 0 heterocycles. The van der Waals surface area contributed by atoms with Crippen molar-refractivity contribution in [2.45, 2.75) is 0 Å². The van der Waals surface area contributed by atoms with Crippen molar-refractivity contribution < 1.29 is 18.3 Å². The van der Waals surface area contributed by atoms with Gasteiger partial charge < -0.3 is 9.26 Å². The number of methoxy groups -OCH3 is 1. The van der Waals surface area contributed by atoms with E-state index in [4.69, 9.17) is 20.5 Å². The maximum atomic E-state index is 11.2. The second-order valence-electron chi connectivity index (χ2n) is 2.38. The summed E-state index contributed by atoms with van der Waals surface area (Å²) < 4.78 is 25.6. The second-order valence-corrected chi connectivity index (χ2v) is 5.03. The third-order valence-corrected chi connectivity index (χ3v) is 2.96. The van der Waals surface area contributed by atoms with Crippen LogP contribution in [-0.2, 0) is 9.09 Å². The van der Waals surface area contributed by atoms with E-state index in [2.05, 4.69) is 4.52 Å². The maximum Gasteiger partial charge on any atom is 0.476 e. The first-order valence-corrected chi connectivity index (χ1v) is 6.21. The third kappa shape index (κ3) is 3.22. The Morgan fingerprint density at radius 1 is 1.29 bits per heavy atom. The van der Waals surface area contributed by atoms with E-state index < -0.39 is 6.95 Å². The zero-order chi connectivity index (χ0) is 10.6. The van der Waals surface area contributed by atoms with Gasteiger partial charge in [0, 0.05) is 24.4 Å². The molecule has 0 aliphatic carbocycles. The topological polar surface area (TPSA) is 44.8 Å². The maximum absolute atomic E-state index is 11.2. The molecule has 1 rings (SSSR count). The van der Waals surface area contributed by atoms with Gasteiger partial charge in [-0.2, -0.15) is 0 Å². The number of benzene rings is 1. The number of halogens is 1. The van der Waals surface area contributed by atoms with Gasteiger partial charge in [-0.25, -0.2) is 4.57 Å². The van der Waals surface area contributed by atoms with Crippen molar-refractivity contribution in [2.24, 2.45) is 0 Å². The number of hydrogen-bond donors (Lipinski definition) is 0. The summed E-state index contributed by atoms with van der Waals surface area (Å²) in [6, 6.07) is 6.60. The van der Waals surface area contributed by atoms with Gasteiger partial charge in [0.2, 0.25) is 0 Å². The predicted molar refractivity (Wildman–Crippen MR) is 54.1 cm³/mol. The Balaban J connectivity index is 2.82. The van der Waals surface area contributed by atoms with Crippen LogP contribution in [0.5, 0.6) is 11.5 Å². The Labute approximate surface area is 87.1 Å². The average molecular weight is 237 g/mol. The van der Waals surface area contributed by atoms with E-state index in [1.54, 1.807) is 24.3 Å². The van der Waals surface area contributed by atoms with E-state index in [0.29, 0.717) is 11.5 Å². The van der Waals surface area contributed by atoms with E-state index >= 15 is 0 Å². The van der Waals surface area contributed by atoms with Crippen molar-refractivity contribution in [2.75, 3.05) is 14.2 Å². The van der Waals surface area contributed by atoms with Crippen LogP contribution in [0.3, 0.4) is 0 Å². The fraction of sp³-hybridized carbons (Fsp3) is 0.250. The lowest BCUT2D eigenvalue weighted by Crippen LogP contribution is -1.89. The van der Waals surface area contributed by atoms with Crippen molar-refractivity contribution in [3.05, 3.63) is 24.3 Å². The highest BCUT2D eigenvalue weighted by Gasteiger charge is 2.20. The highest BCUT2D eigenvalue weighted by molar-refractivity contribution is 7.81. The molecule has 78 valence electrons. The van der Waals surface area contributed by atoms with Gasteiger partial charge in [-0.3, -0.25) is 4.52 Å². The zero-order valence-corrected chi connectivity index (χ0v) is 9.42. The molecular weight excluding hydrogens is 227 g/mol. The van der Waals surface area contributed by atoms with E-state index in [1.807, 2.05) is 0 Å². The van der Waals surface area contributed by atoms with Gasteiger partial charge in [-0.15, -0.1) is 0 Å². The van der Waals surface area contributed by atoms with E-state index in [0.717, 1.165) is 0 Å². The Hall–Kier alpha value is -0.700. The molecule has 0 saturated carbocycles. The molecule has 0 amide bonds. The summed E-state index contributed by atoms with van der Waals surface area (Å²) in [7, 11) is 2.74. The van der Waals surface area contributed by atoms with E-state index in [9.17, 15) is 4.57 Å². The molecule has 0 N–H and O–H groups in total. The van der Waals surface area contributed by atoms with Crippen LogP contribution < -0.4 is 9.26 Å². The molecule has 0 saturated heterocycles. The Morgan fingerprint density at radius 3 is 2.50 bits per heavy atom. The lowest BCUT2D eigenvalue weighted by atomic mass is 10.3. The summed E-state index contributed by atoms with van der Waals surface area (Å²) in [5, 5.41) is 0. The minimum absolute atomic E-state index is 0.338. The van der Waals surface area contributed by atoms with Crippen molar-refractivity contribution >= 4 is 18.2 Å². The largest absolute Gasteiger partial charge is 0.497 e. The standard InChI is InChI=1S/C8H10ClO4P/c1-11-7-4-3-5-8(6-7)13-14(9,10)12-2/h3-6H,1-2H3. The van der Waals surface area contributed by atoms with Crippen LogP contribution in [-0.4, -0.2) is 14.2 Å². The van der Waals surface area contributed by atoms with Gasteiger partial charge in [0.05, 0.1) is 7.11 Å². The minimum Gasteiger partial charge on any atom is -0.497 e. The number of rotatable bonds is 4. The molecule has 0 fully saturated rings. The van der Waals surface area contributed by atoms with Crippen LogP contribution in [0.2, 0.25) is 0 Å². The molecule has 1 aromatic carbocycles. The molecule has 0 spiro atoms. The average Bonchev–Trinajstić information content (AvgIpc) is 2.17. The molecule has 0 aromatic heterocycles. The third-order valence-electron chi connectivity index (χ3n) is 1.47. The van der Waals surface area contributed by atoms with Gasteiger partial charge in [-0.05, 0) is 12.1 Å². The van der Waals surface area contributed by atoms with Crippen LogP contribution in [0, 0.1) is 0 Å². The molecule has 6 heteroatoms. The first-order chi connectivity index (χ1) is 6.57. The molecule has 0 bridgehead atoms. The summed E-state index contributed by atoms with van der Waals surface area (Å²) in [5.74, 6) is 0.930. The molecule has 1 unspecified atom stereocenters. The minimum atomic E-state index is -3.51. The normalized spacial score (nSPS) is 14.5. The molecule has 0 radical (unpaired) electrons. The van der Waals surface area contributed by atoms with Gasteiger partial charge in [-0.1, -0.05) is 6.07 Å². The van der Waals surface area contributed by atoms with Crippen molar-refractivity contribution in [3.63, 3.8) is 0 Å². The van der Waals surface area contributed by atoms with Crippen molar-refractivity contribution in [1.29, 1.82) is 0 Å². The molecule has 0 aliphatic heterocycles. The molecule has 1 aromatic rings. The SMILES string of the molecule is COc1cccc(OP(=O)(Cl)OC)c1. The van der Waals surface area contributed by atoms with Gasteiger partial charge in [0.15, 0.2) is 0 Å². The van der Waals surface area contributed by atoms with Gasteiger partial charge >= 0.3 is 6.95 Å². The molecule has 1 atom stereocenters. The second kappa shape index (κ2) is 4.69. The smallest absolute Gasteiger partial charge is 0.476 e. The summed E-state index contributed by atoms with van der Waals surface area (Å²) in [5.41, 5.74) is 0. The molecule has 4 nitrogen and oxygen atoms in total. The lowest BCUT2D eigenvalue weighted by molar-refractivity contribution is 0.339. The predicted octanol–water partition coefficient (Wildman–Crippen LogP) is 3.07. The van der Waals surface area contributed by atoms with Crippen LogP contribution in [0.4, 0.5) is 0 Å². The Morgan fingerprint density at radius 2 is 1.93 bits per heavy atom. The van der Waals surface area contributed by atoms with Crippen LogP contribution in [0.1, 0.15) is 0 Å². The Bertz CT molecular complexity index is 355. The van der Waals surface area contributed by atoms with Gasteiger partial charge in [0.25, 0.3) is 0 Å². The van der Waals surface area contributed by atoms with Crippen LogP contribution in [0.25, 0.3) is 0 Å².